The molecule has 1 aromatic rings. The molecule has 0 heterocycles. The van der Waals surface area contributed by atoms with Crippen LogP contribution < -0.4 is 10.5 Å². The molecule has 1 aliphatic rings. The molecule has 96 valence electrons. The van der Waals surface area contributed by atoms with E-state index in [1.165, 1.54) is 11.0 Å². The first-order valence-corrected chi connectivity index (χ1v) is 5.81. The molecule has 0 spiro atoms. The Morgan fingerprint density at radius 1 is 1.33 bits per heavy atom. The molecule has 0 aromatic heterocycles. The van der Waals surface area contributed by atoms with Crippen LogP contribution in [0.3, 0.4) is 0 Å². The van der Waals surface area contributed by atoms with Gasteiger partial charge in [-0.3, -0.25) is 9.59 Å². The number of amides is 2. The van der Waals surface area contributed by atoms with Crippen LogP contribution in [0.4, 0.5) is 0 Å². The number of carbonyl (C=O) groups is 2. The Hall–Kier alpha value is -2.04. The lowest BCUT2D eigenvalue weighted by Gasteiger charge is -2.13. The van der Waals surface area contributed by atoms with Gasteiger partial charge in [0.1, 0.15) is 5.75 Å². The van der Waals surface area contributed by atoms with Gasteiger partial charge in [-0.2, -0.15) is 0 Å². The molecule has 1 fully saturated rings. The van der Waals surface area contributed by atoms with Crippen LogP contribution in [0.2, 0.25) is 0 Å². The number of primary amides is 1. The maximum absolute atomic E-state index is 11.8. The molecule has 0 saturated heterocycles. The Morgan fingerprint density at radius 2 is 2.00 bits per heavy atom. The highest BCUT2D eigenvalue weighted by Crippen LogP contribution is 2.29. The first-order chi connectivity index (χ1) is 8.49. The van der Waals surface area contributed by atoms with Gasteiger partial charge in [0, 0.05) is 19.7 Å². The molecule has 2 rings (SSSR count). The van der Waals surface area contributed by atoms with Crippen molar-refractivity contribution in [3.05, 3.63) is 29.3 Å². The summed E-state index contributed by atoms with van der Waals surface area (Å²) in [4.78, 5) is 24.6. The van der Waals surface area contributed by atoms with Gasteiger partial charge in [0.25, 0.3) is 11.8 Å². The zero-order valence-corrected chi connectivity index (χ0v) is 10.5. The summed E-state index contributed by atoms with van der Waals surface area (Å²) in [5, 5.41) is 0. The Kier molecular flexibility index (Phi) is 3.23. The minimum absolute atomic E-state index is 0.171. The van der Waals surface area contributed by atoms with Crippen molar-refractivity contribution < 1.29 is 14.3 Å². The van der Waals surface area contributed by atoms with Crippen LogP contribution in [-0.4, -0.2) is 36.9 Å². The van der Waals surface area contributed by atoms with Crippen LogP contribution in [0.1, 0.15) is 33.6 Å². The zero-order valence-electron chi connectivity index (χ0n) is 10.5. The monoisotopic (exact) mass is 248 g/mol. The minimum atomic E-state index is -0.584. The topological polar surface area (TPSA) is 72.6 Å². The first kappa shape index (κ1) is 12.4. The maximum atomic E-state index is 11.8. The second-order valence-electron chi connectivity index (χ2n) is 4.59. The van der Waals surface area contributed by atoms with Crippen LogP contribution >= 0.6 is 0 Å². The molecule has 0 bridgehead atoms. The normalized spacial score (nSPS) is 14.1. The van der Waals surface area contributed by atoms with E-state index >= 15 is 0 Å². The summed E-state index contributed by atoms with van der Waals surface area (Å²) in [5.41, 5.74) is 6.00. The number of nitrogens with zero attached hydrogens (tertiary/aromatic N) is 1. The first-order valence-electron chi connectivity index (χ1n) is 5.81. The lowest BCUT2D eigenvalue weighted by molar-refractivity contribution is 0.0827. The van der Waals surface area contributed by atoms with Gasteiger partial charge in [-0.25, -0.2) is 0 Å². The number of hydrogen-bond acceptors (Lipinski definition) is 3. The fraction of sp³-hybridized carbons (Fsp3) is 0.385. The highest BCUT2D eigenvalue weighted by atomic mass is 16.5. The van der Waals surface area contributed by atoms with Gasteiger partial charge in [-0.1, -0.05) is 0 Å². The molecule has 5 nitrogen and oxygen atoms in total. The summed E-state index contributed by atoms with van der Waals surface area (Å²) in [6.45, 7) is 0. The molecule has 5 heteroatoms. The van der Waals surface area contributed by atoms with E-state index in [-0.39, 0.29) is 17.6 Å². The van der Waals surface area contributed by atoms with Gasteiger partial charge in [-0.15, -0.1) is 0 Å². The predicted molar refractivity (Wildman–Crippen MR) is 66.6 cm³/mol. The summed E-state index contributed by atoms with van der Waals surface area (Å²) in [6, 6.07) is 4.77. The quantitative estimate of drug-likeness (QED) is 0.864. The Morgan fingerprint density at radius 3 is 2.50 bits per heavy atom. The number of ether oxygens (including phenoxy) is 1. The van der Waals surface area contributed by atoms with E-state index in [4.69, 9.17) is 10.5 Å². The largest absolute Gasteiger partial charge is 0.490 e. The van der Waals surface area contributed by atoms with Crippen molar-refractivity contribution in [3.8, 4) is 5.75 Å². The average molecular weight is 248 g/mol. The molecule has 2 N–H and O–H groups in total. The van der Waals surface area contributed by atoms with Gasteiger partial charge in [0.15, 0.2) is 0 Å². The number of benzene rings is 1. The van der Waals surface area contributed by atoms with Crippen LogP contribution in [-0.2, 0) is 0 Å². The molecule has 2 amide bonds. The van der Waals surface area contributed by atoms with E-state index in [0.29, 0.717) is 11.3 Å². The SMILES string of the molecule is CN(C)C(=O)c1ccc(OC2CC2)c(C(N)=O)c1. The third-order valence-electron chi connectivity index (χ3n) is 2.72. The van der Waals surface area contributed by atoms with Gasteiger partial charge in [0.2, 0.25) is 0 Å². The maximum Gasteiger partial charge on any atom is 0.253 e. The summed E-state index contributed by atoms with van der Waals surface area (Å²) < 4.78 is 5.59. The van der Waals surface area contributed by atoms with Crippen molar-refractivity contribution in [2.75, 3.05) is 14.1 Å². The van der Waals surface area contributed by atoms with Crippen molar-refractivity contribution in [2.24, 2.45) is 5.73 Å². The van der Waals surface area contributed by atoms with E-state index in [2.05, 4.69) is 0 Å². The Balaban J connectivity index is 2.32. The van der Waals surface area contributed by atoms with Crippen molar-refractivity contribution in [1.29, 1.82) is 0 Å². The molecule has 0 unspecified atom stereocenters. The number of nitrogens with two attached hydrogens (primary N) is 1. The van der Waals surface area contributed by atoms with Crippen LogP contribution in [0.25, 0.3) is 0 Å². The molecule has 1 saturated carbocycles. The lowest BCUT2D eigenvalue weighted by Crippen LogP contribution is -2.22. The average Bonchev–Trinajstić information content (AvgIpc) is 3.12. The second kappa shape index (κ2) is 4.68. The van der Waals surface area contributed by atoms with Crippen molar-refractivity contribution in [1.82, 2.24) is 4.90 Å². The minimum Gasteiger partial charge on any atom is -0.490 e. The van der Waals surface area contributed by atoms with Crippen molar-refractivity contribution in [2.45, 2.75) is 18.9 Å². The number of hydrogen-bond donors (Lipinski definition) is 1. The molecule has 18 heavy (non-hydrogen) atoms. The smallest absolute Gasteiger partial charge is 0.253 e. The molecular weight excluding hydrogens is 232 g/mol. The predicted octanol–water partition coefficient (Wildman–Crippen LogP) is 1.03. The molecule has 1 aliphatic carbocycles. The van der Waals surface area contributed by atoms with Gasteiger partial charge >= 0.3 is 0 Å². The lowest BCUT2D eigenvalue weighted by atomic mass is 10.1. The van der Waals surface area contributed by atoms with Gasteiger partial charge in [0.05, 0.1) is 11.7 Å². The summed E-state index contributed by atoms with van der Waals surface area (Å²) in [7, 11) is 3.31. The van der Waals surface area contributed by atoms with Crippen molar-refractivity contribution in [3.63, 3.8) is 0 Å². The number of carbonyl (C=O) groups excluding carboxylic acids is 2. The highest BCUT2D eigenvalue weighted by molar-refractivity contribution is 6.00. The van der Waals surface area contributed by atoms with E-state index in [0.717, 1.165) is 12.8 Å². The summed E-state index contributed by atoms with van der Waals surface area (Å²) >= 11 is 0. The van der Waals surface area contributed by atoms with Crippen LogP contribution in [0.15, 0.2) is 18.2 Å². The highest BCUT2D eigenvalue weighted by Gasteiger charge is 2.25. The van der Waals surface area contributed by atoms with E-state index in [1.807, 2.05) is 0 Å². The standard InChI is InChI=1S/C13H16N2O3/c1-15(2)13(17)8-3-6-11(18-9-4-5-9)10(7-8)12(14)16/h3,6-7,9H,4-5H2,1-2H3,(H2,14,16). The van der Waals surface area contributed by atoms with Crippen LogP contribution in [0, 0.1) is 0 Å². The van der Waals surface area contributed by atoms with E-state index < -0.39 is 5.91 Å². The Labute approximate surface area is 106 Å². The molecular formula is C13H16N2O3. The van der Waals surface area contributed by atoms with Gasteiger partial charge < -0.3 is 15.4 Å². The van der Waals surface area contributed by atoms with E-state index in [1.54, 1.807) is 26.2 Å². The summed E-state index contributed by atoms with van der Waals surface area (Å²) in [6.07, 6.45) is 2.17. The fourth-order valence-electron chi connectivity index (χ4n) is 1.58. The number of rotatable bonds is 4. The molecule has 0 atom stereocenters. The van der Waals surface area contributed by atoms with E-state index in [9.17, 15) is 9.59 Å². The van der Waals surface area contributed by atoms with Crippen LogP contribution in [0.5, 0.6) is 5.75 Å². The Bertz CT molecular complexity index is 493. The van der Waals surface area contributed by atoms with Crippen molar-refractivity contribution >= 4 is 11.8 Å². The molecule has 1 aromatic carbocycles. The van der Waals surface area contributed by atoms with Gasteiger partial charge in [-0.05, 0) is 31.0 Å². The summed E-state index contributed by atoms with van der Waals surface area (Å²) in [5.74, 6) is -0.296. The fourth-order valence-corrected chi connectivity index (χ4v) is 1.58. The molecule has 0 aliphatic heterocycles. The third kappa shape index (κ3) is 2.61. The zero-order chi connectivity index (χ0) is 13.3. The molecule has 0 radical (unpaired) electrons. The second-order valence-corrected chi connectivity index (χ2v) is 4.59. The third-order valence-corrected chi connectivity index (χ3v) is 2.72.